The Labute approximate surface area is 171 Å². The Morgan fingerprint density at radius 2 is 1.86 bits per heavy atom. The molecule has 3 aromatic carbocycles. The third-order valence-corrected chi connectivity index (χ3v) is 6.54. The minimum absolute atomic E-state index is 0.579. The number of aromatic nitrogens is 4. The van der Waals surface area contributed by atoms with E-state index in [0.29, 0.717) is 17.7 Å². The summed E-state index contributed by atoms with van der Waals surface area (Å²) in [5, 5.41) is 17.2. The zero-order valence-electron chi connectivity index (χ0n) is 16.8. The molecule has 0 spiro atoms. The van der Waals surface area contributed by atoms with E-state index < -0.39 is 0 Å². The predicted octanol–water partition coefficient (Wildman–Crippen LogP) is 6.10. The predicted molar refractivity (Wildman–Crippen MR) is 117 cm³/mol. The molecule has 0 saturated heterocycles. The lowest BCUT2D eigenvalue weighted by Gasteiger charge is -2.19. The first-order valence-corrected chi connectivity index (χ1v) is 10.6. The molecule has 5 rings (SSSR count). The van der Waals surface area contributed by atoms with Gasteiger partial charge in [-0.05, 0) is 76.6 Å². The molecular weight excluding hydrogens is 356 g/mol. The van der Waals surface area contributed by atoms with E-state index in [1.807, 2.05) is 0 Å². The first kappa shape index (κ1) is 18.0. The van der Waals surface area contributed by atoms with Crippen LogP contribution >= 0.6 is 0 Å². The van der Waals surface area contributed by atoms with Gasteiger partial charge in [-0.2, -0.15) is 5.21 Å². The van der Waals surface area contributed by atoms with Crippen LogP contribution in [0.1, 0.15) is 55.6 Å². The fourth-order valence-corrected chi connectivity index (χ4v) is 5.11. The molecule has 3 atom stereocenters. The Hall–Kier alpha value is -3.01. The molecule has 1 aliphatic carbocycles. The smallest absolute Gasteiger partial charge is 0.177 e. The second kappa shape index (κ2) is 7.78. The highest BCUT2D eigenvalue weighted by atomic mass is 15.5. The zero-order valence-corrected chi connectivity index (χ0v) is 16.8. The van der Waals surface area contributed by atoms with Gasteiger partial charge < -0.3 is 0 Å². The average Bonchev–Trinajstić information content (AvgIpc) is 3.46. The summed E-state index contributed by atoms with van der Waals surface area (Å²) in [6, 6.07) is 24.2. The lowest BCUT2D eigenvalue weighted by atomic mass is 9.86. The van der Waals surface area contributed by atoms with Gasteiger partial charge in [0.25, 0.3) is 0 Å². The first-order chi connectivity index (χ1) is 14.3. The molecular formula is C25H26N4. The quantitative estimate of drug-likeness (QED) is 0.454. The Morgan fingerprint density at radius 3 is 2.76 bits per heavy atom. The number of rotatable bonds is 5. The molecule has 1 heterocycles. The third kappa shape index (κ3) is 3.67. The van der Waals surface area contributed by atoms with Crippen molar-refractivity contribution in [2.75, 3.05) is 0 Å². The van der Waals surface area contributed by atoms with Crippen molar-refractivity contribution in [3.05, 3.63) is 77.9 Å². The second-order valence-electron chi connectivity index (χ2n) is 8.44. The number of hydrogen-bond donors (Lipinski definition) is 1. The van der Waals surface area contributed by atoms with Gasteiger partial charge in [0.05, 0.1) is 0 Å². The summed E-state index contributed by atoms with van der Waals surface area (Å²) in [5.41, 5.74) is 3.95. The van der Waals surface area contributed by atoms with Crippen LogP contribution < -0.4 is 0 Å². The summed E-state index contributed by atoms with van der Waals surface area (Å²) >= 11 is 0. The molecule has 1 N–H and O–H groups in total. The molecule has 2 unspecified atom stereocenters. The van der Waals surface area contributed by atoms with Gasteiger partial charge in [-0.3, -0.25) is 0 Å². The van der Waals surface area contributed by atoms with Gasteiger partial charge in [-0.1, -0.05) is 67.6 Å². The van der Waals surface area contributed by atoms with E-state index in [1.165, 1.54) is 47.6 Å². The molecule has 4 aromatic rings. The van der Waals surface area contributed by atoms with E-state index in [2.05, 4.69) is 94.3 Å². The maximum absolute atomic E-state index is 4.12. The van der Waals surface area contributed by atoms with Crippen LogP contribution in [0.4, 0.5) is 0 Å². The monoisotopic (exact) mass is 382 g/mol. The van der Waals surface area contributed by atoms with Crippen LogP contribution in [0.15, 0.2) is 66.7 Å². The van der Waals surface area contributed by atoms with Crippen molar-refractivity contribution in [3.63, 3.8) is 0 Å². The van der Waals surface area contributed by atoms with Crippen molar-refractivity contribution in [3.8, 4) is 11.4 Å². The molecule has 0 radical (unpaired) electrons. The largest absolute Gasteiger partial charge is 0.204 e. The van der Waals surface area contributed by atoms with Gasteiger partial charge in [0.15, 0.2) is 0 Å². The first-order valence-electron chi connectivity index (χ1n) is 10.6. The standard InChI is InChI=1S/C25H26N4/c1-17(23-11-5-7-19-6-2-3-10-24(19)23)14-18-12-13-21(15-18)20-8-4-9-22(16-20)25-26-28-29-27-25/h2-11,16-18,21H,12-15H2,1H3,(H,26,27,28,29)/t17-,18?,21?/m0/s1. The maximum Gasteiger partial charge on any atom is 0.204 e. The van der Waals surface area contributed by atoms with Crippen LogP contribution in [0.5, 0.6) is 0 Å². The van der Waals surface area contributed by atoms with E-state index in [9.17, 15) is 0 Å². The number of aromatic amines is 1. The third-order valence-electron chi connectivity index (χ3n) is 6.54. The van der Waals surface area contributed by atoms with E-state index in [1.54, 1.807) is 0 Å². The number of nitrogens with one attached hydrogen (secondary N) is 1. The van der Waals surface area contributed by atoms with Crippen LogP contribution in [0.3, 0.4) is 0 Å². The number of hydrogen-bond acceptors (Lipinski definition) is 3. The Kier molecular flexibility index (Phi) is 4.84. The SMILES string of the molecule is C[C@@H](CC1CCC(c2cccc(-c3nn[nH]n3)c2)C1)c1cccc2ccccc12. The molecule has 1 aliphatic rings. The van der Waals surface area contributed by atoms with Gasteiger partial charge in [0.2, 0.25) is 5.82 Å². The van der Waals surface area contributed by atoms with Crippen LogP contribution in [0.25, 0.3) is 22.2 Å². The number of tetrazole rings is 1. The maximum atomic E-state index is 4.12. The van der Waals surface area contributed by atoms with Crippen LogP contribution in [-0.4, -0.2) is 20.6 Å². The second-order valence-corrected chi connectivity index (χ2v) is 8.44. The average molecular weight is 383 g/mol. The topological polar surface area (TPSA) is 54.5 Å². The van der Waals surface area contributed by atoms with Crippen LogP contribution in [-0.2, 0) is 0 Å². The van der Waals surface area contributed by atoms with Crippen molar-refractivity contribution in [1.82, 2.24) is 20.6 Å². The lowest BCUT2D eigenvalue weighted by Crippen LogP contribution is -2.03. The van der Waals surface area contributed by atoms with Crippen molar-refractivity contribution in [2.24, 2.45) is 5.92 Å². The number of fused-ring (bicyclic) bond motifs is 1. The molecule has 1 fully saturated rings. The molecule has 4 heteroatoms. The molecule has 146 valence electrons. The summed E-state index contributed by atoms with van der Waals surface area (Å²) in [7, 11) is 0. The highest BCUT2D eigenvalue weighted by Gasteiger charge is 2.28. The molecule has 1 aromatic heterocycles. The Bertz CT molecular complexity index is 1100. The molecule has 1 saturated carbocycles. The highest BCUT2D eigenvalue weighted by Crippen LogP contribution is 2.43. The van der Waals surface area contributed by atoms with Gasteiger partial charge in [0.1, 0.15) is 0 Å². The minimum Gasteiger partial charge on any atom is -0.177 e. The number of H-pyrrole nitrogens is 1. The van der Waals surface area contributed by atoms with Gasteiger partial charge >= 0.3 is 0 Å². The normalized spacial score (nSPS) is 20.2. The van der Waals surface area contributed by atoms with Gasteiger partial charge in [-0.25, -0.2) is 0 Å². The molecule has 29 heavy (non-hydrogen) atoms. The molecule has 4 nitrogen and oxygen atoms in total. The van der Waals surface area contributed by atoms with Crippen molar-refractivity contribution >= 4 is 10.8 Å². The highest BCUT2D eigenvalue weighted by molar-refractivity contribution is 5.86. The summed E-state index contributed by atoms with van der Waals surface area (Å²) in [6.07, 6.45) is 5.11. The minimum atomic E-state index is 0.579. The van der Waals surface area contributed by atoms with E-state index in [-0.39, 0.29) is 0 Å². The summed E-state index contributed by atoms with van der Waals surface area (Å²) in [4.78, 5) is 0. The lowest BCUT2D eigenvalue weighted by molar-refractivity contribution is 0.456. The molecule has 0 bridgehead atoms. The number of benzene rings is 3. The van der Waals surface area contributed by atoms with Crippen molar-refractivity contribution < 1.29 is 0 Å². The van der Waals surface area contributed by atoms with E-state index in [4.69, 9.17) is 0 Å². The van der Waals surface area contributed by atoms with Gasteiger partial charge in [0, 0.05) is 5.56 Å². The fourth-order valence-electron chi connectivity index (χ4n) is 5.11. The number of nitrogens with zero attached hydrogens (tertiary/aromatic N) is 3. The Balaban J connectivity index is 1.29. The van der Waals surface area contributed by atoms with Crippen molar-refractivity contribution in [1.29, 1.82) is 0 Å². The Morgan fingerprint density at radius 1 is 1.00 bits per heavy atom. The summed E-state index contributed by atoms with van der Waals surface area (Å²) in [5.74, 6) is 2.66. The van der Waals surface area contributed by atoms with E-state index >= 15 is 0 Å². The zero-order chi connectivity index (χ0) is 19.6. The summed E-state index contributed by atoms with van der Waals surface area (Å²) in [6.45, 7) is 2.39. The fraction of sp³-hybridized carbons (Fsp3) is 0.320. The summed E-state index contributed by atoms with van der Waals surface area (Å²) < 4.78 is 0. The van der Waals surface area contributed by atoms with Crippen LogP contribution in [0, 0.1) is 5.92 Å². The van der Waals surface area contributed by atoms with Gasteiger partial charge in [-0.15, -0.1) is 10.2 Å². The molecule has 0 aliphatic heterocycles. The van der Waals surface area contributed by atoms with E-state index in [0.717, 1.165) is 11.5 Å². The van der Waals surface area contributed by atoms with Crippen LogP contribution in [0.2, 0.25) is 0 Å². The molecule has 0 amide bonds. The van der Waals surface area contributed by atoms with Crippen molar-refractivity contribution in [2.45, 2.75) is 44.4 Å².